The lowest BCUT2D eigenvalue weighted by Crippen LogP contribution is -2.41. The monoisotopic (exact) mass is 508 g/mol. The number of imidazole rings is 1. The molecule has 2 atom stereocenters. The Hall–Kier alpha value is -1.97. The first-order valence-corrected chi connectivity index (χ1v) is 14.1. The van der Waals surface area contributed by atoms with Gasteiger partial charge in [0.25, 0.3) is 5.56 Å². The van der Waals surface area contributed by atoms with Gasteiger partial charge in [-0.15, -0.1) is 0 Å². The third-order valence-electron chi connectivity index (χ3n) is 6.91. The van der Waals surface area contributed by atoms with E-state index < -0.39 is 5.69 Å². The van der Waals surface area contributed by atoms with Crippen molar-refractivity contribution in [3.63, 3.8) is 0 Å². The van der Waals surface area contributed by atoms with E-state index in [1.807, 2.05) is 4.57 Å². The fourth-order valence-corrected chi connectivity index (χ4v) is 4.88. The maximum atomic E-state index is 13.3. The lowest BCUT2D eigenvalue weighted by molar-refractivity contribution is 0.149. The lowest BCUT2D eigenvalue weighted by Gasteiger charge is -2.12. The number of aromatic nitrogens is 4. The molecule has 0 spiro atoms. The maximum Gasteiger partial charge on any atom is 0.332 e. The molecule has 0 aliphatic carbocycles. The number of aliphatic hydroxyl groups excluding tert-OH is 3. The number of fused-ring (bicyclic) bond motifs is 1. The maximum absolute atomic E-state index is 13.3. The molecule has 0 bridgehead atoms. The highest BCUT2D eigenvalue weighted by atomic mass is 16.3. The van der Waals surface area contributed by atoms with Gasteiger partial charge in [-0.3, -0.25) is 13.9 Å². The minimum Gasteiger partial charge on any atom is -0.395 e. The molecule has 9 heteroatoms. The van der Waals surface area contributed by atoms with Crippen LogP contribution in [0.5, 0.6) is 0 Å². The molecule has 36 heavy (non-hydrogen) atoms. The minimum atomic E-state index is -0.421. The molecule has 2 heterocycles. The molecule has 0 aromatic carbocycles. The Morgan fingerprint density at radius 3 is 1.86 bits per heavy atom. The topological polar surface area (TPSA) is 123 Å². The minimum absolute atomic E-state index is 0.0992. The van der Waals surface area contributed by atoms with E-state index in [0.717, 1.165) is 83.5 Å². The Labute approximate surface area is 214 Å². The van der Waals surface area contributed by atoms with Crippen molar-refractivity contribution in [3.8, 4) is 0 Å². The van der Waals surface area contributed by atoms with E-state index in [9.17, 15) is 24.9 Å². The van der Waals surface area contributed by atoms with Gasteiger partial charge in [-0.2, -0.15) is 0 Å². The summed E-state index contributed by atoms with van der Waals surface area (Å²) in [4.78, 5) is 30.7. The summed E-state index contributed by atoms with van der Waals surface area (Å²) >= 11 is 0. The van der Waals surface area contributed by atoms with Crippen LogP contribution in [0.3, 0.4) is 0 Å². The normalized spacial score (nSPS) is 13.5. The highest BCUT2D eigenvalue weighted by molar-refractivity contribution is 5.70. The molecule has 206 valence electrons. The van der Waals surface area contributed by atoms with Gasteiger partial charge in [0, 0.05) is 13.1 Å². The van der Waals surface area contributed by atoms with Crippen molar-refractivity contribution in [3.05, 3.63) is 27.2 Å². The third-order valence-corrected chi connectivity index (χ3v) is 6.91. The Balaban J connectivity index is 2.00. The average molecular weight is 509 g/mol. The summed E-state index contributed by atoms with van der Waals surface area (Å²) in [6.45, 7) is 5.01. The Kier molecular flexibility index (Phi) is 14.0. The second-order valence-electron chi connectivity index (χ2n) is 10.0. The summed E-state index contributed by atoms with van der Waals surface area (Å²) in [6.07, 6.45) is 13.9. The summed E-state index contributed by atoms with van der Waals surface area (Å²) in [5.41, 5.74) is 0.0190. The summed E-state index contributed by atoms with van der Waals surface area (Å²) < 4.78 is 4.53. The fourth-order valence-electron chi connectivity index (χ4n) is 4.88. The van der Waals surface area contributed by atoms with Crippen LogP contribution in [0, 0.1) is 0 Å². The first-order chi connectivity index (χ1) is 17.4. The van der Waals surface area contributed by atoms with Gasteiger partial charge in [0.1, 0.15) is 0 Å². The van der Waals surface area contributed by atoms with Crippen molar-refractivity contribution in [2.75, 3.05) is 6.61 Å². The van der Waals surface area contributed by atoms with Gasteiger partial charge in [-0.05, 0) is 38.5 Å². The zero-order valence-corrected chi connectivity index (χ0v) is 22.4. The predicted octanol–water partition coefficient (Wildman–Crippen LogP) is 3.58. The van der Waals surface area contributed by atoms with E-state index in [1.54, 1.807) is 6.33 Å². The Morgan fingerprint density at radius 1 is 0.750 bits per heavy atom. The molecule has 2 aromatic rings. The van der Waals surface area contributed by atoms with Crippen molar-refractivity contribution < 1.29 is 15.3 Å². The quantitative estimate of drug-likeness (QED) is 0.235. The number of nitrogens with zero attached hydrogens (tertiary/aromatic N) is 4. The zero-order valence-electron chi connectivity index (χ0n) is 22.4. The zero-order chi connectivity index (χ0) is 26.3. The lowest BCUT2D eigenvalue weighted by atomic mass is 10.1. The molecular formula is C27H48N4O5. The van der Waals surface area contributed by atoms with Crippen LogP contribution >= 0.6 is 0 Å². The van der Waals surface area contributed by atoms with Gasteiger partial charge in [0.05, 0.1) is 31.7 Å². The molecule has 0 amide bonds. The summed E-state index contributed by atoms with van der Waals surface area (Å²) in [5.74, 6) is 0. The van der Waals surface area contributed by atoms with Crippen molar-refractivity contribution in [2.45, 2.75) is 136 Å². The van der Waals surface area contributed by atoms with Crippen LogP contribution in [0.4, 0.5) is 0 Å². The van der Waals surface area contributed by atoms with Gasteiger partial charge in [-0.25, -0.2) is 9.78 Å². The Bertz CT molecular complexity index is 996. The number of aliphatic hydroxyl groups is 3. The van der Waals surface area contributed by atoms with E-state index in [2.05, 4.69) is 18.8 Å². The molecule has 0 aliphatic rings. The van der Waals surface area contributed by atoms with Crippen LogP contribution in [0.1, 0.15) is 104 Å². The van der Waals surface area contributed by atoms with Crippen LogP contribution in [0.25, 0.3) is 11.2 Å². The average Bonchev–Trinajstić information content (AvgIpc) is 3.27. The number of rotatable bonds is 20. The van der Waals surface area contributed by atoms with Gasteiger partial charge in [0.2, 0.25) is 0 Å². The molecule has 0 aliphatic heterocycles. The molecule has 0 saturated heterocycles. The molecule has 0 saturated carbocycles. The van der Waals surface area contributed by atoms with E-state index in [4.69, 9.17) is 0 Å². The van der Waals surface area contributed by atoms with Gasteiger partial charge < -0.3 is 19.9 Å². The van der Waals surface area contributed by atoms with Crippen LogP contribution < -0.4 is 11.2 Å². The molecule has 3 N–H and O–H groups in total. The van der Waals surface area contributed by atoms with Crippen LogP contribution in [0.15, 0.2) is 15.9 Å². The van der Waals surface area contributed by atoms with Crippen molar-refractivity contribution in [1.82, 2.24) is 18.7 Å². The largest absolute Gasteiger partial charge is 0.395 e. The molecule has 2 aromatic heterocycles. The first kappa shape index (κ1) is 30.3. The van der Waals surface area contributed by atoms with E-state index in [-0.39, 0.29) is 30.9 Å². The molecule has 9 nitrogen and oxygen atoms in total. The number of hydrogen-bond acceptors (Lipinski definition) is 6. The second-order valence-corrected chi connectivity index (χ2v) is 10.0. The second kappa shape index (κ2) is 16.7. The van der Waals surface area contributed by atoms with Crippen molar-refractivity contribution in [1.29, 1.82) is 0 Å². The van der Waals surface area contributed by atoms with Crippen molar-refractivity contribution in [2.24, 2.45) is 0 Å². The third kappa shape index (κ3) is 9.16. The van der Waals surface area contributed by atoms with Gasteiger partial charge in [-0.1, -0.05) is 65.2 Å². The van der Waals surface area contributed by atoms with E-state index >= 15 is 0 Å². The molecule has 0 fully saturated rings. The number of unbranched alkanes of at least 4 members (excludes halogenated alkanes) is 6. The van der Waals surface area contributed by atoms with E-state index in [0.29, 0.717) is 30.7 Å². The van der Waals surface area contributed by atoms with Gasteiger partial charge in [0.15, 0.2) is 11.2 Å². The van der Waals surface area contributed by atoms with Crippen LogP contribution in [-0.4, -0.2) is 52.8 Å². The summed E-state index contributed by atoms with van der Waals surface area (Å²) in [7, 11) is 0. The van der Waals surface area contributed by atoms with Crippen LogP contribution in [-0.2, 0) is 19.6 Å². The van der Waals surface area contributed by atoms with Crippen molar-refractivity contribution >= 4 is 11.2 Å². The summed E-state index contributed by atoms with van der Waals surface area (Å²) in [6, 6.07) is 0. The fraction of sp³-hybridized carbons (Fsp3) is 0.815. The SMILES string of the molecule is CCCC(O)CCCCCCn1c(=O)c2c(ncn2CCCCCCC(O)CCC)n(CCO)c1=O. The molecular weight excluding hydrogens is 460 g/mol. The molecule has 2 rings (SSSR count). The first-order valence-electron chi connectivity index (χ1n) is 14.1. The Morgan fingerprint density at radius 2 is 1.31 bits per heavy atom. The number of hydrogen-bond donors (Lipinski definition) is 3. The highest BCUT2D eigenvalue weighted by Crippen LogP contribution is 2.13. The molecule has 2 unspecified atom stereocenters. The van der Waals surface area contributed by atoms with Gasteiger partial charge >= 0.3 is 5.69 Å². The van der Waals surface area contributed by atoms with E-state index in [1.165, 1.54) is 9.13 Å². The van der Waals surface area contributed by atoms with Crippen LogP contribution in [0.2, 0.25) is 0 Å². The standard InChI is InChI=1S/C27H48N4O5/c1-3-13-22(33)15-9-5-7-11-17-29-21-28-25-24(29)26(35)31(27(36)30(25)19-20-32)18-12-8-6-10-16-23(34)14-4-2/h21-23,32-34H,3-20H2,1-2H3. The smallest absolute Gasteiger partial charge is 0.332 e. The summed E-state index contributed by atoms with van der Waals surface area (Å²) in [5, 5.41) is 29.2. The number of aryl methyl sites for hydroxylation is 1. The molecule has 0 radical (unpaired) electrons. The highest BCUT2D eigenvalue weighted by Gasteiger charge is 2.17. The predicted molar refractivity (Wildman–Crippen MR) is 143 cm³/mol.